The molecule has 0 amide bonds. The van der Waals surface area contributed by atoms with Gasteiger partial charge in [0.2, 0.25) is 5.82 Å². The molecular formula is C17H13F2N5O2. The normalized spacial score (nSPS) is 11.2. The van der Waals surface area contributed by atoms with Crippen LogP contribution in [0.5, 0.6) is 5.75 Å². The van der Waals surface area contributed by atoms with Crippen LogP contribution in [0.15, 0.2) is 40.8 Å². The molecule has 0 saturated heterocycles. The van der Waals surface area contributed by atoms with Gasteiger partial charge in [-0.25, -0.2) is 13.9 Å². The van der Waals surface area contributed by atoms with E-state index in [1.807, 2.05) is 0 Å². The highest BCUT2D eigenvalue weighted by Gasteiger charge is 2.15. The Balaban J connectivity index is 1.60. The number of phenols is 1. The summed E-state index contributed by atoms with van der Waals surface area (Å²) in [6.07, 6.45) is 0. The number of aromatic hydroxyl groups is 1. The maximum Gasteiger partial charge on any atom is 0.215 e. The number of aromatic amines is 1. The number of furan rings is 1. The van der Waals surface area contributed by atoms with Crippen LogP contribution in [0.1, 0.15) is 11.1 Å². The van der Waals surface area contributed by atoms with Crippen LogP contribution in [-0.2, 0) is 13.2 Å². The molecule has 0 unspecified atom stereocenters. The number of benzene rings is 2. The summed E-state index contributed by atoms with van der Waals surface area (Å²) in [5, 5.41) is 26.3. The van der Waals surface area contributed by atoms with Gasteiger partial charge in [-0.2, -0.15) is 0 Å². The molecule has 0 atom stereocenters. The standard InChI is InChI=1S/C17H13F2N5O2/c18-7-11-5-12(3-4-13(11)25)20-8-10-2-1-9-6-14(17-21-23-24-22-17)26-16(9)15(10)19/h1-6,20,25H,7-8H2,(H,21,22,23,24). The van der Waals surface area contributed by atoms with Crippen molar-refractivity contribution in [2.24, 2.45) is 0 Å². The lowest BCUT2D eigenvalue weighted by Gasteiger charge is -2.09. The number of hydrogen-bond acceptors (Lipinski definition) is 6. The molecule has 4 aromatic rings. The van der Waals surface area contributed by atoms with Gasteiger partial charge in [-0.1, -0.05) is 12.1 Å². The number of fused-ring (bicyclic) bond motifs is 1. The van der Waals surface area contributed by atoms with Crippen LogP contribution in [0, 0.1) is 5.82 Å². The van der Waals surface area contributed by atoms with Crippen molar-refractivity contribution < 1.29 is 18.3 Å². The van der Waals surface area contributed by atoms with Gasteiger partial charge in [-0.05, 0) is 34.7 Å². The summed E-state index contributed by atoms with van der Waals surface area (Å²) in [5.41, 5.74) is 1.22. The van der Waals surface area contributed by atoms with E-state index in [1.54, 1.807) is 24.3 Å². The van der Waals surface area contributed by atoms with Crippen molar-refractivity contribution in [2.75, 3.05) is 5.32 Å². The minimum Gasteiger partial charge on any atom is -0.508 e. The van der Waals surface area contributed by atoms with E-state index >= 15 is 0 Å². The van der Waals surface area contributed by atoms with Gasteiger partial charge in [0, 0.05) is 28.7 Å². The van der Waals surface area contributed by atoms with Crippen LogP contribution < -0.4 is 5.32 Å². The molecule has 0 spiro atoms. The number of aromatic nitrogens is 4. The molecule has 0 bridgehead atoms. The number of alkyl halides is 1. The molecule has 4 rings (SSSR count). The molecular weight excluding hydrogens is 344 g/mol. The van der Waals surface area contributed by atoms with Crippen molar-refractivity contribution in [3.63, 3.8) is 0 Å². The molecule has 132 valence electrons. The number of hydrogen-bond donors (Lipinski definition) is 3. The van der Waals surface area contributed by atoms with Gasteiger partial charge in [0.25, 0.3) is 0 Å². The van der Waals surface area contributed by atoms with E-state index in [0.717, 1.165) is 0 Å². The maximum atomic E-state index is 14.7. The summed E-state index contributed by atoms with van der Waals surface area (Å²) >= 11 is 0. The quantitative estimate of drug-likeness (QED) is 0.473. The van der Waals surface area contributed by atoms with Crippen molar-refractivity contribution in [3.8, 4) is 17.3 Å². The Morgan fingerprint density at radius 1 is 1.15 bits per heavy atom. The Bertz CT molecular complexity index is 1060. The first-order chi connectivity index (χ1) is 12.7. The lowest BCUT2D eigenvalue weighted by atomic mass is 10.1. The Hall–Kier alpha value is -3.49. The zero-order chi connectivity index (χ0) is 18.1. The Labute approximate surface area is 145 Å². The van der Waals surface area contributed by atoms with Crippen LogP contribution in [-0.4, -0.2) is 25.7 Å². The summed E-state index contributed by atoms with van der Waals surface area (Å²) in [6.45, 7) is -0.620. The molecule has 0 aliphatic heterocycles. The van der Waals surface area contributed by atoms with Gasteiger partial charge in [0.1, 0.15) is 12.4 Å². The van der Waals surface area contributed by atoms with Gasteiger partial charge in [0.05, 0.1) is 0 Å². The van der Waals surface area contributed by atoms with Crippen molar-refractivity contribution in [3.05, 3.63) is 53.3 Å². The number of rotatable bonds is 5. The lowest BCUT2D eigenvalue weighted by Crippen LogP contribution is -2.02. The number of nitrogens with one attached hydrogen (secondary N) is 2. The average Bonchev–Trinajstić information content (AvgIpc) is 3.32. The molecule has 9 heteroatoms. The van der Waals surface area contributed by atoms with E-state index in [4.69, 9.17) is 4.42 Å². The van der Waals surface area contributed by atoms with E-state index in [-0.39, 0.29) is 23.4 Å². The number of anilines is 1. The van der Waals surface area contributed by atoms with Gasteiger partial charge in [-0.15, -0.1) is 5.10 Å². The summed E-state index contributed by atoms with van der Waals surface area (Å²) in [4.78, 5) is 0. The number of H-pyrrole nitrogens is 1. The fourth-order valence-corrected chi connectivity index (χ4v) is 2.63. The number of tetrazole rings is 1. The Kier molecular flexibility index (Phi) is 3.96. The zero-order valence-corrected chi connectivity index (χ0v) is 13.3. The largest absolute Gasteiger partial charge is 0.508 e. The molecule has 0 aliphatic carbocycles. The topological polar surface area (TPSA) is 99.9 Å². The number of halogens is 2. The molecule has 2 heterocycles. The molecule has 0 aliphatic rings. The molecule has 26 heavy (non-hydrogen) atoms. The second-order valence-electron chi connectivity index (χ2n) is 5.65. The molecule has 0 saturated carbocycles. The monoisotopic (exact) mass is 357 g/mol. The molecule has 0 radical (unpaired) electrons. The Morgan fingerprint density at radius 2 is 2.04 bits per heavy atom. The Morgan fingerprint density at radius 3 is 2.81 bits per heavy atom. The zero-order valence-electron chi connectivity index (χ0n) is 13.3. The van der Waals surface area contributed by atoms with E-state index in [9.17, 15) is 13.9 Å². The minimum atomic E-state index is -0.784. The van der Waals surface area contributed by atoms with E-state index < -0.39 is 12.5 Å². The highest BCUT2D eigenvalue weighted by atomic mass is 19.1. The van der Waals surface area contributed by atoms with Gasteiger partial charge < -0.3 is 14.8 Å². The smallest absolute Gasteiger partial charge is 0.215 e. The van der Waals surface area contributed by atoms with Crippen LogP contribution in [0.3, 0.4) is 0 Å². The molecule has 3 N–H and O–H groups in total. The fraction of sp³-hybridized carbons (Fsp3) is 0.118. The summed E-state index contributed by atoms with van der Waals surface area (Å²) in [6, 6.07) is 9.47. The third-order valence-electron chi connectivity index (χ3n) is 3.99. The predicted molar refractivity (Wildman–Crippen MR) is 89.6 cm³/mol. The van der Waals surface area contributed by atoms with Crippen molar-refractivity contribution >= 4 is 16.7 Å². The van der Waals surface area contributed by atoms with E-state index in [2.05, 4.69) is 25.9 Å². The minimum absolute atomic E-state index is 0.103. The van der Waals surface area contributed by atoms with Gasteiger partial charge in [0.15, 0.2) is 17.2 Å². The molecule has 2 aromatic carbocycles. The highest BCUT2D eigenvalue weighted by molar-refractivity contribution is 5.83. The number of phenolic OH excluding ortho intramolecular Hbond substituents is 1. The van der Waals surface area contributed by atoms with Gasteiger partial charge in [-0.3, -0.25) is 0 Å². The summed E-state index contributed by atoms with van der Waals surface area (Å²) in [7, 11) is 0. The highest BCUT2D eigenvalue weighted by Crippen LogP contribution is 2.29. The average molecular weight is 357 g/mol. The SMILES string of the molecule is Oc1ccc(NCc2ccc3cc(-c4nnn[nH]4)oc3c2F)cc1CF. The maximum absolute atomic E-state index is 14.7. The van der Waals surface area contributed by atoms with Crippen molar-refractivity contribution in [1.82, 2.24) is 20.6 Å². The first kappa shape index (κ1) is 16.0. The second-order valence-corrected chi connectivity index (χ2v) is 5.65. The van der Waals surface area contributed by atoms with E-state index in [1.165, 1.54) is 12.1 Å². The number of nitrogens with zero attached hydrogens (tertiary/aromatic N) is 3. The van der Waals surface area contributed by atoms with Crippen LogP contribution in [0.2, 0.25) is 0 Å². The van der Waals surface area contributed by atoms with Crippen molar-refractivity contribution in [2.45, 2.75) is 13.2 Å². The third-order valence-corrected chi connectivity index (χ3v) is 3.99. The van der Waals surface area contributed by atoms with E-state index in [0.29, 0.717) is 28.2 Å². The van der Waals surface area contributed by atoms with Gasteiger partial charge >= 0.3 is 0 Å². The first-order valence-corrected chi connectivity index (χ1v) is 7.72. The summed E-state index contributed by atoms with van der Waals surface area (Å²) in [5.74, 6) is 0.0251. The van der Waals surface area contributed by atoms with Crippen LogP contribution >= 0.6 is 0 Å². The second kappa shape index (κ2) is 6.43. The molecule has 0 fully saturated rings. The van der Waals surface area contributed by atoms with Crippen LogP contribution in [0.4, 0.5) is 14.5 Å². The lowest BCUT2D eigenvalue weighted by molar-refractivity contribution is 0.433. The van der Waals surface area contributed by atoms with Crippen molar-refractivity contribution in [1.29, 1.82) is 0 Å². The summed E-state index contributed by atoms with van der Waals surface area (Å²) < 4.78 is 33.1. The predicted octanol–water partition coefficient (Wildman–Crippen LogP) is 3.54. The first-order valence-electron chi connectivity index (χ1n) is 7.72. The fourth-order valence-electron chi connectivity index (χ4n) is 2.63. The van der Waals surface area contributed by atoms with Crippen LogP contribution in [0.25, 0.3) is 22.6 Å². The third kappa shape index (κ3) is 2.83. The molecule has 7 nitrogen and oxygen atoms in total. The molecule has 2 aromatic heterocycles.